The van der Waals surface area contributed by atoms with Gasteiger partial charge in [0.1, 0.15) is 0 Å². The van der Waals surface area contributed by atoms with Crippen LogP contribution in [-0.4, -0.2) is 17.3 Å². The fraction of sp³-hybridized carbons (Fsp3) is 0.462. The second-order valence-corrected chi connectivity index (χ2v) is 5.83. The van der Waals surface area contributed by atoms with Crippen molar-refractivity contribution in [2.45, 2.75) is 37.1 Å². The number of carbonyl (C=O) groups excluding carboxylic acids is 1. The lowest BCUT2D eigenvalue weighted by Crippen LogP contribution is -2.42. The van der Waals surface area contributed by atoms with Gasteiger partial charge < -0.3 is 5.32 Å². The molecule has 1 amide bonds. The highest BCUT2D eigenvalue weighted by Crippen LogP contribution is 2.27. The SMILES string of the molecule is O=C(NC1CCCCC1Cl)c1cccc(Cl)c1Cl. The lowest BCUT2D eigenvalue weighted by atomic mass is 9.94. The van der Waals surface area contributed by atoms with Gasteiger partial charge in [-0.3, -0.25) is 4.79 Å². The van der Waals surface area contributed by atoms with Crippen LogP contribution in [0.1, 0.15) is 36.0 Å². The first kappa shape index (κ1) is 14.0. The molecule has 2 rings (SSSR count). The Morgan fingerprint density at radius 1 is 1.22 bits per heavy atom. The van der Waals surface area contributed by atoms with E-state index in [1.165, 1.54) is 0 Å². The Bertz CT molecular complexity index is 450. The normalized spacial score (nSPS) is 23.7. The third-order valence-corrected chi connectivity index (χ3v) is 4.54. The van der Waals surface area contributed by atoms with Crippen molar-refractivity contribution >= 4 is 40.7 Å². The first-order valence-corrected chi connectivity index (χ1v) is 7.18. The predicted molar refractivity (Wildman–Crippen MR) is 75.8 cm³/mol. The summed E-state index contributed by atoms with van der Waals surface area (Å²) >= 11 is 18.1. The molecule has 1 aromatic rings. The molecule has 1 fully saturated rings. The fourth-order valence-electron chi connectivity index (χ4n) is 2.17. The van der Waals surface area contributed by atoms with Crippen molar-refractivity contribution in [3.8, 4) is 0 Å². The molecule has 2 unspecified atom stereocenters. The minimum Gasteiger partial charge on any atom is -0.348 e. The summed E-state index contributed by atoms with van der Waals surface area (Å²) in [5, 5.41) is 3.61. The van der Waals surface area contributed by atoms with Crippen molar-refractivity contribution in [1.82, 2.24) is 5.32 Å². The topological polar surface area (TPSA) is 29.1 Å². The summed E-state index contributed by atoms with van der Waals surface area (Å²) in [4.78, 5) is 12.1. The third kappa shape index (κ3) is 3.11. The van der Waals surface area contributed by atoms with Gasteiger partial charge in [0.05, 0.1) is 21.0 Å². The Labute approximate surface area is 122 Å². The second-order valence-electron chi connectivity index (χ2n) is 4.48. The Morgan fingerprint density at radius 2 is 1.94 bits per heavy atom. The first-order valence-electron chi connectivity index (χ1n) is 5.98. The zero-order valence-corrected chi connectivity index (χ0v) is 12.0. The quantitative estimate of drug-likeness (QED) is 0.812. The van der Waals surface area contributed by atoms with E-state index in [-0.39, 0.29) is 17.3 Å². The van der Waals surface area contributed by atoms with Crippen molar-refractivity contribution in [2.75, 3.05) is 0 Å². The minimum absolute atomic E-state index is 0.000611. The van der Waals surface area contributed by atoms with E-state index in [9.17, 15) is 4.79 Å². The van der Waals surface area contributed by atoms with Gasteiger partial charge in [0.25, 0.3) is 5.91 Å². The van der Waals surface area contributed by atoms with Gasteiger partial charge in [-0.05, 0) is 25.0 Å². The molecule has 0 bridgehead atoms. The van der Waals surface area contributed by atoms with Crippen LogP contribution in [0.25, 0.3) is 0 Å². The Morgan fingerprint density at radius 3 is 2.67 bits per heavy atom. The molecule has 1 aliphatic rings. The molecule has 98 valence electrons. The fourth-order valence-corrected chi connectivity index (χ4v) is 2.90. The van der Waals surface area contributed by atoms with Crippen LogP contribution in [0, 0.1) is 0 Å². The minimum atomic E-state index is -0.208. The van der Waals surface area contributed by atoms with Crippen LogP contribution >= 0.6 is 34.8 Å². The zero-order chi connectivity index (χ0) is 13.1. The maximum Gasteiger partial charge on any atom is 0.253 e. The van der Waals surface area contributed by atoms with Gasteiger partial charge in [-0.1, -0.05) is 42.1 Å². The van der Waals surface area contributed by atoms with Gasteiger partial charge in [0.15, 0.2) is 0 Å². The molecule has 2 nitrogen and oxygen atoms in total. The largest absolute Gasteiger partial charge is 0.348 e. The lowest BCUT2D eigenvalue weighted by Gasteiger charge is -2.28. The van der Waals surface area contributed by atoms with E-state index in [2.05, 4.69) is 5.32 Å². The molecular weight excluding hydrogens is 293 g/mol. The van der Waals surface area contributed by atoms with Crippen molar-refractivity contribution in [2.24, 2.45) is 0 Å². The number of hydrogen-bond donors (Lipinski definition) is 1. The average Bonchev–Trinajstić information content (AvgIpc) is 2.35. The zero-order valence-electron chi connectivity index (χ0n) is 9.76. The van der Waals surface area contributed by atoms with Crippen molar-refractivity contribution in [1.29, 1.82) is 0 Å². The smallest absolute Gasteiger partial charge is 0.253 e. The highest BCUT2D eigenvalue weighted by atomic mass is 35.5. The highest BCUT2D eigenvalue weighted by molar-refractivity contribution is 6.43. The van der Waals surface area contributed by atoms with Gasteiger partial charge >= 0.3 is 0 Å². The first-order chi connectivity index (χ1) is 8.59. The Balaban J connectivity index is 2.09. The van der Waals surface area contributed by atoms with E-state index in [0.717, 1.165) is 25.7 Å². The molecule has 0 saturated heterocycles. The molecule has 0 spiro atoms. The second kappa shape index (κ2) is 6.14. The van der Waals surface area contributed by atoms with Crippen molar-refractivity contribution in [3.63, 3.8) is 0 Å². The summed E-state index contributed by atoms with van der Waals surface area (Å²) in [5.41, 5.74) is 0.401. The molecule has 1 saturated carbocycles. The lowest BCUT2D eigenvalue weighted by molar-refractivity contribution is 0.0929. The predicted octanol–water partition coefficient (Wildman–Crippen LogP) is 4.27. The number of nitrogens with one attached hydrogen (secondary N) is 1. The van der Waals surface area contributed by atoms with Crippen molar-refractivity contribution < 1.29 is 4.79 Å². The van der Waals surface area contributed by atoms with Crippen LogP contribution < -0.4 is 5.32 Å². The van der Waals surface area contributed by atoms with Gasteiger partial charge in [0.2, 0.25) is 0 Å². The number of hydrogen-bond acceptors (Lipinski definition) is 1. The summed E-state index contributed by atoms with van der Waals surface area (Å²) in [6, 6.07) is 5.05. The van der Waals surface area contributed by atoms with Crippen LogP contribution in [0.5, 0.6) is 0 Å². The van der Waals surface area contributed by atoms with E-state index < -0.39 is 0 Å². The van der Waals surface area contributed by atoms with Gasteiger partial charge in [-0.25, -0.2) is 0 Å². The Kier molecular flexibility index (Phi) is 4.77. The van der Waals surface area contributed by atoms with Crippen LogP contribution in [-0.2, 0) is 0 Å². The summed E-state index contributed by atoms with van der Waals surface area (Å²) in [5.74, 6) is -0.208. The van der Waals surface area contributed by atoms with Crippen LogP contribution in [0.4, 0.5) is 0 Å². The molecule has 0 radical (unpaired) electrons. The third-order valence-electron chi connectivity index (χ3n) is 3.19. The number of benzene rings is 1. The molecule has 5 heteroatoms. The standard InChI is InChI=1S/C13H14Cl3NO/c14-9-5-1-2-7-11(9)17-13(18)8-4-3-6-10(15)12(8)16/h3-4,6,9,11H,1-2,5,7H2,(H,17,18). The summed E-state index contributed by atoms with van der Waals surface area (Å²) < 4.78 is 0. The van der Waals surface area contributed by atoms with E-state index in [0.29, 0.717) is 15.6 Å². The van der Waals surface area contributed by atoms with Crippen molar-refractivity contribution in [3.05, 3.63) is 33.8 Å². The molecule has 1 N–H and O–H groups in total. The monoisotopic (exact) mass is 305 g/mol. The number of amides is 1. The molecular formula is C13H14Cl3NO. The molecule has 1 aromatic carbocycles. The van der Waals surface area contributed by atoms with E-state index >= 15 is 0 Å². The summed E-state index contributed by atoms with van der Waals surface area (Å²) in [6.07, 6.45) is 4.07. The summed E-state index contributed by atoms with van der Waals surface area (Å²) in [7, 11) is 0. The van der Waals surface area contributed by atoms with Crippen LogP contribution in [0.3, 0.4) is 0 Å². The van der Waals surface area contributed by atoms with Gasteiger partial charge in [-0.2, -0.15) is 0 Å². The number of rotatable bonds is 2. The maximum absolute atomic E-state index is 12.1. The molecule has 18 heavy (non-hydrogen) atoms. The van der Waals surface area contributed by atoms with Crippen LogP contribution in [0.15, 0.2) is 18.2 Å². The molecule has 0 heterocycles. The molecule has 0 aromatic heterocycles. The molecule has 2 atom stereocenters. The highest BCUT2D eigenvalue weighted by Gasteiger charge is 2.25. The molecule has 0 aliphatic heterocycles. The van der Waals surface area contributed by atoms with Crippen LogP contribution in [0.2, 0.25) is 10.0 Å². The van der Waals surface area contributed by atoms with E-state index in [1.807, 2.05) is 0 Å². The van der Waals surface area contributed by atoms with Gasteiger partial charge in [-0.15, -0.1) is 11.6 Å². The average molecular weight is 307 g/mol. The maximum atomic E-state index is 12.1. The molecule has 1 aliphatic carbocycles. The number of carbonyl (C=O) groups is 1. The van der Waals surface area contributed by atoms with Gasteiger partial charge in [0, 0.05) is 6.04 Å². The van der Waals surface area contributed by atoms with E-state index in [1.54, 1.807) is 18.2 Å². The summed E-state index contributed by atoms with van der Waals surface area (Å²) in [6.45, 7) is 0. The number of halogens is 3. The van der Waals surface area contributed by atoms with E-state index in [4.69, 9.17) is 34.8 Å². The number of alkyl halides is 1. The Hall–Kier alpha value is -0.440.